The number of hydrogen-bond donors (Lipinski definition) is 1. The van der Waals surface area contributed by atoms with E-state index in [2.05, 4.69) is 39.3 Å². The molecule has 30 heavy (non-hydrogen) atoms. The van der Waals surface area contributed by atoms with Gasteiger partial charge in [0.15, 0.2) is 22.7 Å². The van der Waals surface area contributed by atoms with Crippen LogP contribution in [0.2, 0.25) is 51.4 Å². The number of hydrogen-bond acceptors (Lipinski definition) is 8. The van der Waals surface area contributed by atoms with E-state index in [0.717, 1.165) is 31.5 Å². The van der Waals surface area contributed by atoms with Gasteiger partial charge in [-0.25, -0.2) is 4.79 Å². The molecule has 1 rings (SSSR count). The molecule has 8 nitrogen and oxygen atoms in total. The lowest BCUT2D eigenvalue weighted by molar-refractivity contribution is 0.0460. The Morgan fingerprint density at radius 3 is 1.93 bits per heavy atom. The zero-order chi connectivity index (χ0) is 22.7. The van der Waals surface area contributed by atoms with Crippen molar-refractivity contribution < 1.29 is 37.1 Å². The average Bonchev–Trinajstić information content (AvgIpc) is 3.00. The van der Waals surface area contributed by atoms with Gasteiger partial charge in [0.05, 0.1) is 6.61 Å². The first-order valence-electron chi connectivity index (χ1n) is 10.9. The van der Waals surface area contributed by atoms with Gasteiger partial charge in [0.1, 0.15) is 6.61 Å². The molecule has 178 valence electrons. The van der Waals surface area contributed by atoms with E-state index in [1.807, 2.05) is 0 Å². The average molecular weight is 483 g/mol. The molecule has 1 unspecified atom stereocenters. The van der Waals surface area contributed by atoms with Gasteiger partial charge >= 0.3 is 14.7 Å². The second-order valence-electron chi connectivity index (χ2n) is 9.40. The maximum absolute atomic E-state index is 10.9. The Bertz CT molecular complexity index is 502. The number of carbonyl (C=O) groups excluding carboxylic acids is 1. The number of rotatable bonds is 17. The van der Waals surface area contributed by atoms with Crippen molar-refractivity contribution in [1.29, 1.82) is 0 Å². The van der Waals surface area contributed by atoms with E-state index in [1.54, 1.807) is 0 Å². The molecule has 1 saturated heterocycles. The second-order valence-corrected chi connectivity index (χ2v) is 21.9. The van der Waals surface area contributed by atoms with Crippen LogP contribution in [0, 0.1) is 0 Å². The summed E-state index contributed by atoms with van der Waals surface area (Å²) >= 11 is 0. The van der Waals surface area contributed by atoms with Crippen molar-refractivity contribution in [2.45, 2.75) is 76.7 Å². The van der Waals surface area contributed by atoms with E-state index in [1.165, 1.54) is 0 Å². The maximum atomic E-state index is 10.9. The van der Waals surface area contributed by atoms with Gasteiger partial charge in [0.25, 0.3) is 0 Å². The van der Waals surface area contributed by atoms with Gasteiger partial charge < -0.3 is 32.3 Å². The minimum atomic E-state index is -2.22. The molecular formula is C19H42O8Si3. The van der Waals surface area contributed by atoms with Crippen LogP contribution in [0.4, 0.5) is 4.79 Å². The van der Waals surface area contributed by atoms with Crippen molar-refractivity contribution in [3.8, 4) is 0 Å². The smallest absolute Gasteiger partial charge is 0.437 e. The lowest BCUT2D eigenvalue weighted by Crippen LogP contribution is -2.52. The zero-order valence-electron chi connectivity index (χ0n) is 19.7. The zero-order valence-corrected chi connectivity index (χ0v) is 22.7. The summed E-state index contributed by atoms with van der Waals surface area (Å²) < 4.78 is 34.0. The third kappa shape index (κ3) is 13.2. The molecule has 0 aromatic carbocycles. The molecule has 0 radical (unpaired) electrons. The van der Waals surface area contributed by atoms with Crippen molar-refractivity contribution in [1.82, 2.24) is 0 Å². The maximum Gasteiger partial charge on any atom is 0.508 e. The SMILES string of the molecule is C[Si](C)(CCCOCCCO)O[Si](C)(C)O[Si](C)(C)CCCOCC1COC(=O)O1. The molecule has 0 aromatic rings. The molecule has 0 bridgehead atoms. The summed E-state index contributed by atoms with van der Waals surface area (Å²) in [4.78, 5) is 10.9. The predicted molar refractivity (Wildman–Crippen MR) is 123 cm³/mol. The molecule has 1 aliphatic heterocycles. The third-order valence-electron chi connectivity index (χ3n) is 4.58. The monoisotopic (exact) mass is 482 g/mol. The summed E-state index contributed by atoms with van der Waals surface area (Å²) in [6, 6.07) is 2.03. The molecule has 1 N–H and O–H groups in total. The van der Waals surface area contributed by atoms with Gasteiger partial charge in [-0.3, -0.25) is 0 Å². The van der Waals surface area contributed by atoms with Crippen LogP contribution < -0.4 is 0 Å². The Hall–Kier alpha value is -0.279. The van der Waals surface area contributed by atoms with Crippen LogP contribution in [0.3, 0.4) is 0 Å². The van der Waals surface area contributed by atoms with Gasteiger partial charge in [-0.05, 0) is 70.6 Å². The lowest BCUT2D eigenvalue weighted by Gasteiger charge is -2.38. The van der Waals surface area contributed by atoms with Crippen LogP contribution in [-0.4, -0.2) is 82.2 Å². The van der Waals surface area contributed by atoms with Gasteiger partial charge in [-0.15, -0.1) is 0 Å². The van der Waals surface area contributed by atoms with Crippen LogP contribution >= 0.6 is 0 Å². The minimum absolute atomic E-state index is 0.178. The Balaban J connectivity index is 2.25. The quantitative estimate of drug-likeness (QED) is 0.190. The Morgan fingerprint density at radius 2 is 1.43 bits per heavy atom. The first-order valence-corrected chi connectivity index (χ1v) is 20.0. The molecule has 1 atom stereocenters. The number of aliphatic hydroxyl groups excluding tert-OH is 1. The molecular weight excluding hydrogens is 440 g/mol. The summed E-state index contributed by atoms with van der Waals surface area (Å²) in [6.45, 7) is 16.1. The lowest BCUT2D eigenvalue weighted by atomic mass is 10.4. The molecule has 0 amide bonds. The fourth-order valence-electron chi connectivity index (χ4n) is 3.58. The van der Waals surface area contributed by atoms with E-state index < -0.39 is 31.4 Å². The first kappa shape index (κ1) is 27.8. The van der Waals surface area contributed by atoms with Crippen molar-refractivity contribution in [3.63, 3.8) is 0 Å². The summed E-state index contributed by atoms with van der Waals surface area (Å²) in [5, 5.41) is 8.78. The summed E-state index contributed by atoms with van der Waals surface area (Å²) in [5.41, 5.74) is 0. The molecule has 0 saturated carbocycles. The molecule has 0 aliphatic carbocycles. The highest BCUT2D eigenvalue weighted by molar-refractivity contribution is 6.87. The van der Waals surface area contributed by atoms with Crippen LogP contribution in [0.15, 0.2) is 0 Å². The first-order chi connectivity index (χ1) is 13.9. The van der Waals surface area contributed by atoms with Gasteiger partial charge in [-0.1, -0.05) is 0 Å². The fourth-order valence-corrected chi connectivity index (χ4v) is 17.6. The van der Waals surface area contributed by atoms with Crippen LogP contribution in [0.25, 0.3) is 0 Å². The van der Waals surface area contributed by atoms with Crippen molar-refractivity contribution in [3.05, 3.63) is 0 Å². The van der Waals surface area contributed by atoms with Crippen LogP contribution in [0.5, 0.6) is 0 Å². The molecule has 0 aromatic heterocycles. The van der Waals surface area contributed by atoms with Gasteiger partial charge in [0.2, 0.25) is 0 Å². The van der Waals surface area contributed by atoms with Crippen LogP contribution in [-0.2, 0) is 27.2 Å². The van der Waals surface area contributed by atoms with Crippen LogP contribution in [0.1, 0.15) is 19.3 Å². The van der Waals surface area contributed by atoms with Gasteiger partial charge in [0, 0.05) is 26.4 Å². The van der Waals surface area contributed by atoms with E-state index in [0.29, 0.717) is 26.2 Å². The van der Waals surface area contributed by atoms with Gasteiger partial charge in [-0.2, -0.15) is 0 Å². The summed E-state index contributed by atoms with van der Waals surface area (Å²) in [5.74, 6) is 0. The van der Waals surface area contributed by atoms with E-state index in [4.69, 9.17) is 32.3 Å². The topological polar surface area (TPSA) is 92.7 Å². The van der Waals surface area contributed by atoms with Crippen molar-refractivity contribution in [2.24, 2.45) is 0 Å². The number of carbonyl (C=O) groups is 1. The van der Waals surface area contributed by atoms with E-state index in [-0.39, 0.29) is 19.3 Å². The Morgan fingerprint density at radius 1 is 0.900 bits per heavy atom. The number of ether oxygens (including phenoxy) is 4. The molecule has 11 heteroatoms. The highest BCUT2D eigenvalue weighted by Gasteiger charge is 2.39. The number of cyclic esters (lactones) is 2. The second kappa shape index (κ2) is 13.3. The predicted octanol–water partition coefficient (Wildman–Crippen LogP) is 3.86. The summed E-state index contributed by atoms with van der Waals surface area (Å²) in [7, 11) is -5.90. The van der Waals surface area contributed by atoms with Crippen molar-refractivity contribution in [2.75, 3.05) is 39.6 Å². The van der Waals surface area contributed by atoms with Crippen molar-refractivity contribution >= 4 is 31.4 Å². The molecule has 1 aliphatic rings. The highest BCUT2D eigenvalue weighted by atomic mass is 28.5. The fraction of sp³-hybridized carbons (Fsp3) is 0.947. The normalized spacial score (nSPS) is 17.8. The van der Waals surface area contributed by atoms with E-state index >= 15 is 0 Å². The molecule has 1 fully saturated rings. The molecule has 1 heterocycles. The Kier molecular flexibility index (Phi) is 12.3. The Labute approximate surface area is 185 Å². The standard InChI is InChI=1S/C19H42O8Si3/c1-28(2,14-8-12-22-11-7-10-20)26-30(5,6)27-29(3,4)15-9-13-23-16-18-17-24-19(21)25-18/h18,20H,7-17H2,1-6H3. The molecule has 0 spiro atoms. The summed E-state index contributed by atoms with van der Waals surface area (Å²) in [6.07, 6.45) is 1.69. The minimum Gasteiger partial charge on any atom is -0.437 e. The third-order valence-corrected chi connectivity index (χ3v) is 16.0. The number of aliphatic hydroxyl groups is 1. The highest BCUT2D eigenvalue weighted by Crippen LogP contribution is 2.26. The largest absolute Gasteiger partial charge is 0.508 e. The van der Waals surface area contributed by atoms with E-state index in [9.17, 15) is 4.79 Å².